The number of hydrogen-bond acceptors (Lipinski definition) is 3. The second-order valence-corrected chi connectivity index (χ2v) is 5.22. The fourth-order valence-corrected chi connectivity index (χ4v) is 2.54. The minimum absolute atomic E-state index is 0.0250. The maximum Gasteiger partial charge on any atom is 0.228 e. The molecule has 0 aliphatic carbocycles. The van der Waals surface area contributed by atoms with Crippen LogP contribution in [-0.2, 0) is 17.6 Å². The second kappa shape index (κ2) is 6.52. The molecule has 1 aliphatic heterocycles. The van der Waals surface area contributed by atoms with E-state index in [1.165, 1.54) is 5.56 Å². The molecule has 0 radical (unpaired) electrons. The third kappa shape index (κ3) is 3.39. The molecule has 0 saturated heterocycles. The monoisotopic (exact) mass is 297 g/mol. The summed E-state index contributed by atoms with van der Waals surface area (Å²) in [6, 6.07) is 13.3. The van der Waals surface area contributed by atoms with Crippen molar-refractivity contribution in [2.24, 2.45) is 0 Å². The molecule has 22 heavy (non-hydrogen) atoms. The molecule has 1 N–H and O–H groups in total. The topological polar surface area (TPSA) is 47.6 Å². The zero-order valence-corrected chi connectivity index (χ0v) is 12.6. The minimum atomic E-state index is -0.0250. The van der Waals surface area contributed by atoms with Gasteiger partial charge in [0, 0.05) is 12.1 Å². The Bertz CT molecular complexity index is 665. The summed E-state index contributed by atoms with van der Waals surface area (Å²) in [5, 5.41) is 2.90. The molecule has 0 bridgehead atoms. The van der Waals surface area contributed by atoms with Crippen molar-refractivity contribution < 1.29 is 14.3 Å². The Kier molecular flexibility index (Phi) is 4.28. The third-order valence-corrected chi connectivity index (χ3v) is 3.57. The van der Waals surface area contributed by atoms with E-state index >= 15 is 0 Å². The van der Waals surface area contributed by atoms with Crippen LogP contribution in [0.5, 0.6) is 11.5 Å². The summed E-state index contributed by atoms with van der Waals surface area (Å²) in [7, 11) is 0. The fraction of sp³-hybridized carbons (Fsp3) is 0.278. The van der Waals surface area contributed by atoms with E-state index in [4.69, 9.17) is 9.47 Å². The Morgan fingerprint density at radius 3 is 2.82 bits per heavy atom. The summed E-state index contributed by atoms with van der Waals surface area (Å²) < 4.78 is 10.9. The van der Waals surface area contributed by atoms with Gasteiger partial charge in [0.25, 0.3) is 0 Å². The van der Waals surface area contributed by atoms with Gasteiger partial charge in [-0.1, -0.05) is 12.1 Å². The highest BCUT2D eigenvalue weighted by Crippen LogP contribution is 2.26. The van der Waals surface area contributed by atoms with Crippen LogP contribution in [0.4, 0.5) is 5.69 Å². The maximum absolute atomic E-state index is 12.1. The van der Waals surface area contributed by atoms with Crippen molar-refractivity contribution in [3.63, 3.8) is 0 Å². The molecule has 4 heteroatoms. The van der Waals surface area contributed by atoms with Gasteiger partial charge in [-0.25, -0.2) is 0 Å². The summed E-state index contributed by atoms with van der Waals surface area (Å²) in [6.07, 6.45) is 1.28. The van der Waals surface area contributed by atoms with Gasteiger partial charge in [0.2, 0.25) is 5.91 Å². The lowest BCUT2D eigenvalue weighted by molar-refractivity contribution is -0.115. The number of nitrogens with one attached hydrogen (secondary N) is 1. The minimum Gasteiger partial charge on any atom is -0.494 e. The highest BCUT2D eigenvalue weighted by atomic mass is 16.5. The molecule has 0 unspecified atom stereocenters. The SMILES string of the molecule is CCOc1ccc(NC(=O)Cc2ccc3c(c2)CCO3)cc1. The van der Waals surface area contributed by atoms with Crippen molar-refractivity contribution in [3.05, 3.63) is 53.6 Å². The first-order valence-electron chi connectivity index (χ1n) is 7.52. The normalized spacial score (nSPS) is 12.4. The number of carbonyl (C=O) groups excluding carboxylic acids is 1. The average molecular weight is 297 g/mol. The molecule has 0 atom stereocenters. The smallest absolute Gasteiger partial charge is 0.228 e. The molecule has 3 rings (SSSR count). The summed E-state index contributed by atoms with van der Waals surface area (Å²) in [5.41, 5.74) is 2.97. The van der Waals surface area contributed by atoms with E-state index in [-0.39, 0.29) is 5.91 Å². The number of carbonyl (C=O) groups is 1. The van der Waals surface area contributed by atoms with Crippen LogP contribution in [0.1, 0.15) is 18.1 Å². The lowest BCUT2D eigenvalue weighted by Crippen LogP contribution is -2.14. The van der Waals surface area contributed by atoms with E-state index in [1.807, 2.05) is 43.3 Å². The molecule has 1 aliphatic rings. The number of amides is 1. The Morgan fingerprint density at radius 1 is 1.23 bits per heavy atom. The molecule has 0 fully saturated rings. The summed E-state index contributed by atoms with van der Waals surface area (Å²) in [6.45, 7) is 3.31. The van der Waals surface area contributed by atoms with E-state index < -0.39 is 0 Å². The van der Waals surface area contributed by atoms with E-state index in [2.05, 4.69) is 11.4 Å². The largest absolute Gasteiger partial charge is 0.494 e. The molecule has 114 valence electrons. The van der Waals surface area contributed by atoms with Gasteiger partial charge in [0.05, 0.1) is 19.6 Å². The first-order chi connectivity index (χ1) is 10.7. The maximum atomic E-state index is 12.1. The van der Waals surface area contributed by atoms with Gasteiger partial charge in [-0.05, 0) is 48.4 Å². The van der Waals surface area contributed by atoms with Crippen LogP contribution in [0, 0.1) is 0 Å². The molecule has 2 aromatic rings. The molecule has 2 aromatic carbocycles. The van der Waals surface area contributed by atoms with Crippen LogP contribution in [-0.4, -0.2) is 19.1 Å². The molecular weight excluding hydrogens is 278 g/mol. The van der Waals surface area contributed by atoms with Crippen LogP contribution >= 0.6 is 0 Å². The van der Waals surface area contributed by atoms with Gasteiger partial charge in [-0.3, -0.25) is 4.79 Å². The quantitative estimate of drug-likeness (QED) is 0.922. The number of anilines is 1. The Hall–Kier alpha value is -2.49. The van der Waals surface area contributed by atoms with Gasteiger partial charge in [-0.15, -0.1) is 0 Å². The van der Waals surface area contributed by atoms with Crippen LogP contribution in [0.2, 0.25) is 0 Å². The van der Waals surface area contributed by atoms with Crippen molar-refractivity contribution in [2.45, 2.75) is 19.8 Å². The van der Waals surface area contributed by atoms with Gasteiger partial charge in [0.15, 0.2) is 0 Å². The third-order valence-electron chi connectivity index (χ3n) is 3.57. The number of rotatable bonds is 5. The summed E-state index contributed by atoms with van der Waals surface area (Å²) in [4.78, 5) is 12.1. The predicted molar refractivity (Wildman–Crippen MR) is 85.6 cm³/mol. The Morgan fingerprint density at radius 2 is 2.05 bits per heavy atom. The molecule has 4 nitrogen and oxygen atoms in total. The molecular formula is C18H19NO3. The lowest BCUT2D eigenvalue weighted by atomic mass is 10.1. The van der Waals surface area contributed by atoms with Crippen LogP contribution in [0.15, 0.2) is 42.5 Å². The molecule has 0 saturated carbocycles. The van der Waals surface area contributed by atoms with Crippen molar-refractivity contribution in [2.75, 3.05) is 18.5 Å². The number of ether oxygens (including phenoxy) is 2. The number of hydrogen-bond donors (Lipinski definition) is 1. The molecule has 0 aromatic heterocycles. The highest BCUT2D eigenvalue weighted by molar-refractivity contribution is 5.92. The van der Waals surface area contributed by atoms with Gasteiger partial charge in [0.1, 0.15) is 11.5 Å². The summed E-state index contributed by atoms with van der Waals surface area (Å²) in [5.74, 6) is 1.72. The Labute approximate surface area is 130 Å². The fourth-order valence-electron chi connectivity index (χ4n) is 2.54. The van der Waals surface area contributed by atoms with Crippen LogP contribution < -0.4 is 14.8 Å². The van der Waals surface area contributed by atoms with Crippen LogP contribution in [0.25, 0.3) is 0 Å². The second-order valence-electron chi connectivity index (χ2n) is 5.22. The van der Waals surface area contributed by atoms with E-state index in [9.17, 15) is 4.79 Å². The van der Waals surface area contributed by atoms with Crippen molar-refractivity contribution in [3.8, 4) is 11.5 Å². The number of fused-ring (bicyclic) bond motifs is 1. The van der Waals surface area contributed by atoms with Gasteiger partial charge >= 0.3 is 0 Å². The van der Waals surface area contributed by atoms with Crippen LogP contribution in [0.3, 0.4) is 0 Å². The molecule has 1 amide bonds. The standard InChI is InChI=1S/C18H19NO3/c1-2-21-16-6-4-15(5-7-16)19-18(20)12-13-3-8-17-14(11-13)9-10-22-17/h3-8,11H,2,9-10,12H2,1H3,(H,19,20). The molecule has 0 spiro atoms. The zero-order valence-electron chi connectivity index (χ0n) is 12.6. The predicted octanol–water partition coefficient (Wildman–Crippen LogP) is 3.20. The van der Waals surface area contributed by atoms with E-state index in [0.29, 0.717) is 13.0 Å². The highest BCUT2D eigenvalue weighted by Gasteiger charge is 2.13. The Balaban J connectivity index is 1.60. The van der Waals surface area contributed by atoms with E-state index in [1.54, 1.807) is 0 Å². The number of benzene rings is 2. The van der Waals surface area contributed by atoms with Gasteiger partial charge in [-0.2, -0.15) is 0 Å². The van der Waals surface area contributed by atoms with Gasteiger partial charge < -0.3 is 14.8 Å². The zero-order chi connectivity index (χ0) is 15.4. The van der Waals surface area contributed by atoms with E-state index in [0.717, 1.165) is 35.8 Å². The van der Waals surface area contributed by atoms with Crippen molar-refractivity contribution in [1.82, 2.24) is 0 Å². The van der Waals surface area contributed by atoms with Crippen molar-refractivity contribution in [1.29, 1.82) is 0 Å². The average Bonchev–Trinajstić information content (AvgIpc) is 2.97. The van der Waals surface area contributed by atoms with Crippen molar-refractivity contribution >= 4 is 11.6 Å². The lowest BCUT2D eigenvalue weighted by Gasteiger charge is -2.08. The first-order valence-corrected chi connectivity index (χ1v) is 7.52. The molecule has 1 heterocycles. The first kappa shape index (κ1) is 14.4. The summed E-state index contributed by atoms with van der Waals surface area (Å²) >= 11 is 0.